The van der Waals surface area contributed by atoms with E-state index in [9.17, 15) is 22.4 Å². The molecule has 4 rings (SSSR count). The van der Waals surface area contributed by atoms with Gasteiger partial charge in [0.15, 0.2) is 15.2 Å². The van der Waals surface area contributed by atoms with Crippen LogP contribution in [0.1, 0.15) is 45.6 Å². The van der Waals surface area contributed by atoms with E-state index in [-0.39, 0.29) is 47.5 Å². The lowest BCUT2D eigenvalue weighted by atomic mass is 10.1. The molecule has 0 saturated carbocycles. The van der Waals surface area contributed by atoms with Crippen LogP contribution in [0.25, 0.3) is 0 Å². The molecule has 3 atom stereocenters. The third kappa shape index (κ3) is 6.06. The van der Waals surface area contributed by atoms with Gasteiger partial charge < -0.3 is 9.80 Å². The fraction of sp³-hybridized carbons (Fsp3) is 0.346. The van der Waals surface area contributed by atoms with Crippen molar-refractivity contribution in [1.29, 1.82) is 0 Å². The molecule has 12 heteroatoms. The number of sulfone groups is 1. The number of nitrogens with zero attached hydrogens (tertiary/aromatic N) is 3. The first-order chi connectivity index (χ1) is 18.0. The minimum Gasteiger partial charge on any atom is -0.345 e. The zero-order chi connectivity index (χ0) is 27.6. The predicted molar refractivity (Wildman–Crippen MR) is 147 cm³/mol. The number of benzene rings is 1. The van der Waals surface area contributed by atoms with Crippen molar-refractivity contribution in [2.45, 2.75) is 30.7 Å². The molecule has 0 bridgehead atoms. The molecule has 2 amide bonds. The number of rotatable bonds is 9. The number of halogens is 2. The third-order valence-corrected chi connectivity index (χ3v) is 9.85. The average molecular weight is 579 g/mol. The number of aromatic nitrogens is 1. The van der Waals surface area contributed by atoms with Crippen molar-refractivity contribution in [2.75, 3.05) is 31.3 Å². The van der Waals surface area contributed by atoms with Crippen LogP contribution in [0.4, 0.5) is 10.1 Å². The quantitative estimate of drug-likeness (QED) is 0.407. The van der Waals surface area contributed by atoms with Crippen LogP contribution >= 0.6 is 22.9 Å². The number of thiophene rings is 1. The van der Waals surface area contributed by atoms with Crippen molar-refractivity contribution in [2.24, 2.45) is 0 Å². The molecule has 3 aromatic rings. The zero-order valence-corrected chi connectivity index (χ0v) is 23.5. The molecular weight excluding hydrogens is 551 g/mol. The van der Waals surface area contributed by atoms with Gasteiger partial charge in [0, 0.05) is 43.2 Å². The summed E-state index contributed by atoms with van der Waals surface area (Å²) in [7, 11) is -0.702. The van der Waals surface area contributed by atoms with Crippen molar-refractivity contribution < 1.29 is 22.4 Å². The number of nitrogens with one attached hydrogen (secondary N) is 1. The van der Waals surface area contributed by atoms with E-state index < -0.39 is 33.0 Å². The summed E-state index contributed by atoms with van der Waals surface area (Å²) >= 11 is 7.36. The Bertz CT molecular complexity index is 1430. The summed E-state index contributed by atoms with van der Waals surface area (Å²) < 4.78 is 42.8. The average Bonchev–Trinajstić information content (AvgIpc) is 3.47. The van der Waals surface area contributed by atoms with E-state index in [4.69, 9.17) is 11.6 Å². The lowest BCUT2D eigenvalue weighted by Gasteiger charge is -2.24. The number of pyridine rings is 1. The smallest absolute Gasteiger partial charge is 0.253 e. The van der Waals surface area contributed by atoms with Gasteiger partial charge >= 0.3 is 0 Å². The van der Waals surface area contributed by atoms with Crippen molar-refractivity contribution >= 4 is 50.3 Å². The van der Waals surface area contributed by atoms with Gasteiger partial charge in [-0.05, 0) is 48.9 Å². The number of hydrogen-bond acceptors (Lipinski definition) is 7. The first-order valence-electron chi connectivity index (χ1n) is 11.9. The Morgan fingerprint density at radius 1 is 1.26 bits per heavy atom. The molecule has 1 aliphatic rings. The molecule has 1 saturated heterocycles. The van der Waals surface area contributed by atoms with Gasteiger partial charge in [0.05, 0.1) is 27.5 Å². The summed E-state index contributed by atoms with van der Waals surface area (Å²) in [5.74, 6) is -2.02. The van der Waals surface area contributed by atoms with Gasteiger partial charge in [-0.3, -0.25) is 19.9 Å². The van der Waals surface area contributed by atoms with Gasteiger partial charge in [-0.25, -0.2) is 12.8 Å². The molecule has 8 nitrogen and oxygen atoms in total. The van der Waals surface area contributed by atoms with E-state index in [0.29, 0.717) is 4.34 Å². The summed E-state index contributed by atoms with van der Waals surface area (Å²) in [5.41, 5.74) is 0.475. The number of anilines is 1. The van der Waals surface area contributed by atoms with Gasteiger partial charge in [-0.1, -0.05) is 24.6 Å². The van der Waals surface area contributed by atoms with Gasteiger partial charge in [-0.15, -0.1) is 11.3 Å². The first-order valence-corrected chi connectivity index (χ1v) is 14.8. The second kappa shape index (κ2) is 11.5. The SMILES string of the molecule is C[C@@H](CS(=O)(=O)[C@H](N[C@H]1CCN(c2ccc(C(=O)N(C)C)cc2F)C1=O)c1ccccn1)c1ccc(Cl)s1. The van der Waals surface area contributed by atoms with Crippen LogP contribution in [-0.4, -0.2) is 62.6 Å². The molecule has 1 fully saturated rings. The first kappa shape index (κ1) is 28.2. The molecule has 1 N–H and O–H groups in total. The van der Waals surface area contributed by atoms with Gasteiger partial charge in [0.2, 0.25) is 5.91 Å². The van der Waals surface area contributed by atoms with Crippen molar-refractivity contribution in [1.82, 2.24) is 15.2 Å². The molecule has 38 heavy (non-hydrogen) atoms. The van der Waals surface area contributed by atoms with E-state index in [2.05, 4.69) is 10.3 Å². The Hall–Kier alpha value is -2.86. The highest BCUT2D eigenvalue weighted by Crippen LogP contribution is 2.32. The lowest BCUT2D eigenvalue weighted by molar-refractivity contribution is -0.118. The summed E-state index contributed by atoms with van der Waals surface area (Å²) in [6.45, 7) is 2.00. The van der Waals surface area contributed by atoms with Gasteiger partial charge in [-0.2, -0.15) is 0 Å². The number of hydrogen-bond donors (Lipinski definition) is 1. The van der Waals surface area contributed by atoms with E-state index in [1.807, 2.05) is 6.92 Å². The third-order valence-electron chi connectivity index (χ3n) is 6.33. The molecule has 1 aromatic carbocycles. The van der Waals surface area contributed by atoms with Crippen molar-refractivity contribution in [3.63, 3.8) is 0 Å². The molecule has 2 aromatic heterocycles. The van der Waals surface area contributed by atoms with Crippen LogP contribution in [0.15, 0.2) is 54.7 Å². The molecule has 0 aliphatic carbocycles. The standard InChI is InChI=1S/C26H28ClFN4O4S2/c1-16(22-9-10-23(27)37-22)15-38(35,36)24(19-6-4-5-12-29-19)30-20-11-13-32(26(20)34)21-8-7-17(14-18(21)28)25(33)31(2)3/h4-10,12,14,16,20,24,30H,11,13,15H2,1-3H3/t16-,20-,24-/m0/s1. The summed E-state index contributed by atoms with van der Waals surface area (Å²) in [6.07, 6.45) is 1.77. The Kier molecular flexibility index (Phi) is 8.51. The Morgan fingerprint density at radius 3 is 2.63 bits per heavy atom. The van der Waals surface area contributed by atoms with Crippen LogP contribution in [-0.2, 0) is 14.6 Å². The lowest BCUT2D eigenvalue weighted by Crippen LogP contribution is -2.43. The van der Waals surface area contributed by atoms with E-state index in [1.54, 1.807) is 44.4 Å². The Labute approximate surface area is 230 Å². The maximum absolute atomic E-state index is 14.9. The molecule has 1 aliphatic heterocycles. The molecule has 202 valence electrons. The molecule has 0 spiro atoms. The van der Waals surface area contributed by atoms with Gasteiger partial charge in [0.25, 0.3) is 5.91 Å². The van der Waals surface area contributed by atoms with Gasteiger partial charge in [0.1, 0.15) is 5.82 Å². The fourth-order valence-electron chi connectivity index (χ4n) is 4.40. The fourth-order valence-corrected chi connectivity index (χ4v) is 7.56. The largest absolute Gasteiger partial charge is 0.345 e. The number of amides is 2. The van der Waals surface area contributed by atoms with Crippen LogP contribution in [0.3, 0.4) is 0 Å². The predicted octanol–water partition coefficient (Wildman–Crippen LogP) is 4.25. The summed E-state index contributed by atoms with van der Waals surface area (Å²) in [4.78, 5) is 33.2. The maximum Gasteiger partial charge on any atom is 0.253 e. The molecular formula is C26H28ClFN4O4S2. The Balaban J connectivity index is 1.56. The van der Waals surface area contributed by atoms with E-state index in [1.165, 1.54) is 39.5 Å². The highest BCUT2D eigenvalue weighted by molar-refractivity contribution is 7.91. The highest BCUT2D eigenvalue weighted by atomic mass is 35.5. The molecule has 3 heterocycles. The minimum atomic E-state index is -3.84. The van der Waals surface area contributed by atoms with Crippen LogP contribution < -0.4 is 10.2 Å². The molecule has 0 unspecified atom stereocenters. The Morgan fingerprint density at radius 2 is 2.03 bits per heavy atom. The van der Waals surface area contributed by atoms with Crippen LogP contribution in [0.2, 0.25) is 4.34 Å². The highest BCUT2D eigenvalue weighted by Gasteiger charge is 2.39. The zero-order valence-electron chi connectivity index (χ0n) is 21.1. The second-order valence-corrected chi connectivity index (χ2v) is 13.2. The molecule has 0 radical (unpaired) electrons. The second-order valence-electron chi connectivity index (χ2n) is 9.37. The number of carbonyl (C=O) groups is 2. The normalized spacial score (nSPS) is 17.4. The minimum absolute atomic E-state index is 0.0371. The van der Waals surface area contributed by atoms with Crippen LogP contribution in [0, 0.1) is 5.82 Å². The maximum atomic E-state index is 14.9. The summed E-state index contributed by atoms with van der Waals surface area (Å²) in [6, 6.07) is 11.6. The topological polar surface area (TPSA) is 99.7 Å². The summed E-state index contributed by atoms with van der Waals surface area (Å²) in [5, 5.41) is 1.76. The number of carbonyl (C=O) groups excluding carboxylic acids is 2. The van der Waals surface area contributed by atoms with E-state index in [0.717, 1.165) is 10.9 Å². The van der Waals surface area contributed by atoms with E-state index >= 15 is 0 Å². The monoisotopic (exact) mass is 578 g/mol. The van der Waals surface area contributed by atoms with Crippen molar-refractivity contribution in [3.8, 4) is 0 Å². The van der Waals surface area contributed by atoms with Crippen LogP contribution in [0.5, 0.6) is 0 Å². The van der Waals surface area contributed by atoms with Crippen molar-refractivity contribution in [3.05, 3.63) is 81.0 Å².